The van der Waals surface area contributed by atoms with E-state index in [9.17, 15) is 9.59 Å². The van der Waals surface area contributed by atoms with Crippen LogP contribution in [0.15, 0.2) is 95.4 Å². The molecule has 1 aromatic heterocycles. The Balaban J connectivity index is 1.30. The number of oxazole rings is 1. The molecule has 0 aliphatic heterocycles. The maximum Gasteiger partial charge on any atom is 0.255 e. The van der Waals surface area contributed by atoms with E-state index in [-0.39, 0.29) is 11.8 Å². The van der Waals surface area contributed by atoms with Crippen LogP contribution in [0.1, 0.15) is 31.8 Å². The summed E-state index contributed by atoms with van der Waals surface area (Å²) >= 11 is 0. The summed E-state index contributed by atoms with van der Waals surface area (Å²) in [7, 11) is 0. The van der Waals surface area contributed by atoms with Gasteiger partial charge in [0, 0.05) is 28.1 Å². The minimum Gasteiger partial charge on any atom is -0.436 e. The Morgan fingerprint density at radius 1 is 0.657 bits per heavy atom. The van der Waals surface area contributed by atoms with E-state index in [1.54, 1.807) is 42.5 Å². The molecule has 0 saturated heterocycles. The van der Waals surface area contributed by atoms with Crippen LogP contribution in [-0.2, 0) is 0 Å². The molecule has 2 amide bonds. The number of rotatable bonds is 5. The lowest BCUT2D eigenvalue weighted by Gasteiger charge is -2.06. The maximum absolute atomic E-state index is 12.5. The first-order valence-electron chi connectivity index (χ1n) is 11.2. The van der Waals surface area contributed by atoms with Crippen LogP contribution >= 0.6 is 0 Å². The quantitative estimate of drug-likeness (QED) is 0.308. The average molecular weight is 462 g/mol. The Labute approximate surface area is 202 Å². The monoisotopic (exact) mass is 461 g/mol. The second kappa shape index (κ2) is 9.27. The lowest BCUT2D eigenvalue weighted by Crippen LogP contribution is -2.11. The number of fused-ring (bicyclic) bond motifs is 1. The summed E-state index contributed by atoms with van der Waals surface area (Å²) in [5, 5.41) is 5.80. The summed E-state index contributed by atoms with van der Waals surface area (Å²) in [6, 6.07) is 27.5. The highest BCUT2D eigenvalue weighted by molar-refractivity contribution is 6.05. The second-order valence-corrected chi connectivity index (χ2v) is 8.42. The van der Waals surface area contributed by atoms with Gasteiger partial charge >= 0.3 is 0 Å². The van der Waals surface area contributed by atoms with E-state index in [0.29, 0.717) is 39.5 Å². The van der Waals surface area contributed by atoms with Crippen molar-refractivity contribution in [3.05, 3.63) is 113 Å². The number of anilines is 2. The summed E-state index contributed by atoms with van der Waals surface area (Å²) in [5.74, 6) is 0.106. The van der Waals surface area contributed by atoms with Crippen molar-refractivity contribution in [2.75, 3.05) is 10.6 Å². The number of aryl methyl sites for hydroxylation is 2. The fourth-order valence-electron chi connectivity index (χ4n) is 3.64. The number of aromatic nitrogens is 1. The summed E-state index contributed by atoms with van der Waals surface area (Å²) < 4.78 is 5.90. The molecule has 0 aliphatic rings. The van der Waals surface area contributed by atoms with Crippen molar-refractivity contribution in [3.63, 3.8) is 0 Å². The molecule has 6 heteroatoms. The van der Waals surface area contributed by atoms with Crippen LogP contribution in [0.25, 0.3) is 22.6 Å². The first-order chi connectivity index (χ1) is 16.9. The highest BCUT2D eigenvalue weighted by Crippen LogP contribution is 2.27. The minimum absolute atomic E-state index is 0.167. The molecule has 0 saturated carbocycles. The van der Waals surface area contributed by atoms with Gasteiger partial charge in [0.2, 0.25) is 5.89 Å². The predicted molar refractivity (Wildman–Crippen MR) is 138 cm³/mol. The molecular weight excluding hydrogens is 438 g/mol. The molecule has 5 rings (SSSR count). The van der Waals surface area contributed by atoms with Crippen molar-refractivity contribution in [2.45, 2.75) is 13.8 Å². The van der Waals surface area contributed by atoms with Crippen LogP contribution in [0, 0.1) is 13.8 Å². The Kier molecular flexibility index (Phi) is 5.85. The number of benzene rings is 4. The van der Waals surface area contributed by atoms with E-state index in [1.165, 1.54) is 0 Å². The van der Waals surface area contributed by atoms with E-state index in [1.807, 2.05) is 62.4 Å². The zero-order chi connectivity index (χ0) is 24.4. The van der Waals surface area contributed by atoms with Gasteiger partial charge in [-0.15, -0.1) is 0 Å². The van der Waals surface area contributed by atoms with Crippen LogP contribution in [0.4, 0.5) is 11.4 Å². The number of carbonyl (C=O) groups is 2. The Hall–Kier alpha value is -4.71. The van der Waals surface area contributed by atoms with Crippen LogP contribution in [-0.4, -0.2) is 16.8 Å². The van der Waals surface area contributed by atoms with Crippen molar-refractivity contribution in [3.8, 4) is 11.5 Å². The molecule has 5 aromatic rings. The zero-order valence-electron chi connectivity index (χ0n) is 19.3. The fraction of sp³-hybridized carbons (Fsp3) is 0.0690. The third-order valence-corrected chi connectivity index (χ3v) is 5.66. The first kappa shape index (κ1) is 22.1. The van der Waals surface area contributed by atoms with Crippen molar-refractivity contribution in [2.24, 2.45) is 0 Å². The predicted octanol–water partition coefficient (Wildman–Crippen LogP) is 6.62. The van der Waals surface area contributed by atoms with Crippen LogP contribution in [0.2, 0.25) is 0 Å². The molecule has 35 heavy (non-hydrogen) atoms. The number of carbonyl (C=O) groups excluding carboxylic acids is 2. The topological polar surface area (TPSA) is 84.2 Å². The number of nitrogens with one attached hydrogen (secondary N) is 2. The second-order valence-electron chi connectivity index (χ2n) is 8.42. The smallest absolute Gasteiger partial charge is 0.255 e. The molecule has 1 heterocycles. The standard InChI is InChI=1S/C29H23N3O3/c1-18-3-7-20(8-4-18)27(33)30-23-13-11-22(12-14-23)29-32-25-17-24(15-16-26(25)35-29)31-28(34)21-9-5-19(2)6-10-21/h3-17H,1-2H3,(H,30,33)(H,31,34). The van der Waals surface area contributed by atoms with E-state index in [0.717, 1.165) is 16.7 Å². The third kappa shape index (κ3) is 4.96. The molecule has 0 atom stereocenters. The normalized spacial score (nSPS) is 10.8. The molecule has 0 unspecified atom stereocenters. The lowest BCUT2D eigenvalue weighted by atomic mass is 10.1. The van der Waals surface area contributed by atoms with Crippen LogP contribution in [0.3, 0.4) is 0 Å². The van der Waals surface area contributed by atoms with Gasteiger partial charge < -0.3 is 15.1 Å². The maximum atomic E-state index is 12.5. The summed E-state index contributed by atoms with van der Waals surface area (Å²) in [6.07, 6.45) is 0. The highest BCUT2D eigenvalue weighted by atomic mass is 16.3. The third-order valence-electron chi connectivity index (χ3n) is 5.66. The van der Waals surface area contributed by atoms with Gasteiger partial charge in [-0.05, 0) is 80.6 Å². The van der Waals surface area contributed by atoms with Gasteiger partial charge in [0.25, 0.3) is 11.8 Å². The van der Waals surface area contributed by atoms with Crippen LogP contribution < -0.4 is 10.6 Å². The molecule has 0 aliphatic carbocycles. The molecule has 0 bridgehead atoms. The van der Waals surface area contributed by atoms with Gasteiger partial charge in [0.05, 0.1) is 0 Å². The SMILES string of the molecule is Cc1ccc(C(=O)Nc2ccc(-c3nc4cc(NC(=O)c5ccc(C)cc5)ccc4o3)cc2)cc1. The van der Waals surface area contributed by atoms with Crippen molar-refractivity contribution < 1.29 is 14.0 Å². The fourth-order valence-corrected chi connectivity index (χ4v) is 3.64. The summed E-state index contributed by atoms with van der Waals surface area (Å²) in [5.41, 5.74) is 6.73. The van der Waals surface area contributed by atoms with Gasteiger partial charge in [-0.3, -0.25) is 9.59 Å². The number of hydrogen-bond acceptors (Lipinski definition) is 4. The van der Waals surface area contributed by atoms with Gasteiger partial charge in [-0.2, -0.15) is 0 Å². The summed E-state index contributed by atoms with van der Waals surface area (Å²) in [4.78, 5) is 29.5. The molecule has 0 radical (unpaired) electrons. The van der Waals surface area contributed by atoms with Crippen molar-refractivity contribution in [1.29, 1.82) is 0 Å². The molecular formula is C29H23N3O3. The Morgan fingerprint density at radius 3 is 1.74 bits per heavy atom. The number of hydrogen-bond donors (Lipinski definition) is 2. The van der Waals surface area contributed by atoms with Crippen molar-refractivity contribution in [1.82, 2.24) is 4.98 Å². The minimum atomic E-state index is -0.184. The number of amides is 2. The molecule has 4 aromatic carbocycles. The highest BCUT2D eigenvalue weighted by Gasteiger charge is 2.12. The molecule has 2 N–H and O–H groups in total. The summed E-state index contributed by atoms with van der Waals surface area (Å²) in [6.45, 7) is 3.96. The van der Waals surface area contributed by atoms with Gasteiger partial charge in [0.1, 0.15) is 5.52 Å². The van der Waals surface area contributed by atoms with E-state index in [2.05, 4.69) is 15.6 Å². The van der Waals surface area contributed by atoms with Gasteiger partial charge in [-0.25, -0.2) is 4.98 Å². The first-order valence-corrected chi connectivity index (χ1v) is 11.2. The van der Waals surface area contributed by atoms with E-state index < -0.39 is 0 Å². The van der Waals surface area contributed by atoms with Crippen molar-refractivity contribution >= 4 is 34.3 Å². The van der Waals surface area contributed by atoms with Crippen LogP contribution in [0.5, 0.6) is 0 Å². The lowest BCUT2D eigenvalue weighted by molar-refractivity contribution is 0.101. The average Bonchev–Trinajstić information content (AvgIpc) is 3.29. The molecule has 6 nitrogen and oxygen atoms in total. The molecule has 0 fully saturated rings. The van der Waals surface area contributed by atoms with Gasteiger partial charge in [-0.1, -0.05) is 35.4 Å². The van der Waals surface area contributed by atoms with E-state index in [4.69, 9.17) is 4.42 Å². The largest absolute Gasteiger partial charge is 0.436 e. The Bertz CT molecular complexity index is 1520. The number of nitrogens with zero attached hydrogens (tertiary/aromatic N) is 1. The zero-order valence-corrected chi connectivity index (χ0v) is 19.3. The molecule has 172 valence electrons. The Morgan fingerprint density at radius 2 is 1.17 bits per heavy atom. The van der Waals surface area contributed by atoms with Gasteiger partial charge in [0.15, 0.2) is 5.58 Å². The van der Waals surface area contributed by atoms with E-state index >= 15 is 0 Å². The molecule has 0 spiro atoms.